The second-order valence-corrected chi connectivity index (χ2v) is 8.31. The molecule has 2 aromatic carbocycles. The molecule has 6 heteroatoms. The SMILES string of the molecule is C[C@@H](C(=O)NC1CCCCC1)N(Cc1ccccc1Cl)C(=O)Cc1ccccc1F. The van der Waals surface area contributed by atoms with Gasteiger partial charge in [0.25, 0.3) is 0 Å². The van der Waals surface area contributed by atoms with E-state index in [1.165, 1.54) is 17.4 Å². The van der Waals surface area contributed by atoms with Crippen LogP contribution in [0.2, 0.25) is 5.02 Å². The van der Waals surface area contributed by atoms with Crippen molar-refractivity contribution in [3.05, 3.63) is 70.5 Å². The van der Waals surface area contributed by atoms with Crippen LogP contribution in [0.5, 0.6) is 0 Å². The van der Waals surface area contributed by atoms with Gasteiger partial charge in [-0.25, -0.2) is 4.39 Å². The van der Waals surface area contributed by atoms with Gasteiger partial charge in [-0.05, 0) is 43.0 Å². The minimum Gasteiger partial charge on any atom is -0.352 e. The highest BCUT2D eigenvalue weighted by Crippen LogP contribution is 2.21. The molecule has 1 atom stereocenters. The Morgan fingerprint density at radius 1 is 1.07 bits per heavy atom. The summed E-state index contributed by atoms with van der Waals surface area (Å²) in [7, 11) is 0. The second-order valence-electron chi connectivity index (χ2n) is 7.90. The molecule has 1 fully saturated rings. The lowest BCUT2D eigenvalue weighted by atomic mass is 9.95. The third kappa shape index (κ3) is 5.82. The summed E-state index contributed by atoms with van der Waals surface area (Å²) in [5.74, 6) is -0.926. The molecule has 1 aliphatic rings. The Morgan fingerprint density at radius 3 is 2.37 bits per heavy atom. The number of hydrogen-bond donors (Lipinski definition) is 1. The average molecular weight is 431 g/mol. The van der Waals surface area contributed by atoms with Crippen LogP contribution in [0.3, 0.4) is 0 Å². The topological polar surface area (TPSA) is 49.4 Å². The van der Waals surface area contributed by atoms with Crippen molar-refractivity contribution >= 4 is 23.4 Å². The van der Waals surface area contributed by atoms with E-state index in [0.717, 1.165) is 31.2 Å². The molecule has 4 nitrogen and oxygen atoms in total. The molecule has 30 heavy (non-hydrogen) atoms. The van der Waals surface area contributed by atoms with E-state index in [4.69, 9.17) is 11.6 Å². The van der Waals surface area contributed by atoms with Gasteiger partial charge in [0.1, 0.15) is 11.9 Å². The lowest BCUT2D eigenvalue weighted by Crippen LogP contribution is -2.50. The van der Waals surface area contributed by atoms with Crippen LogP contribution in [0.1, 0.15) is 50.2 Å². The van der Waals surface area contributed by atoms with Crippen LogP contribution in [0.4, 0.5) is 4.39 Å². The minimum absolute atomic E-state index is 0.113. The number of carbonyl (C=O) groups excluding carboxylic acids is 2. The molecule has 2 amide bonds. The van der Waals surface area contributed by atoms with Gasteiger partial charge in [0.15, 0.2) is 0 Å². The summed E-state index contributed by atoms with van der Waals surface area (Å²) in [5.41, 5.74) is 1.06. The fraction of sp³-hybridized carbons (Fsp3) is 0.417. The molecule has 0 aromatic heterocycles. The molecule has 0 radical (unpaired) electrons. The maximum atomic E-state index is 14.1. The smallest absolute Gasteiger partial charge is 0.242 e. The van der Waals surface area contributed by atoms with Crippen molar-refractivity contribution in [2.75, 3.05) is 0 Å². The summed E-state index contributed by atoms with van der Waals surface area (Å²) in [4.78, 5) is 27.6. The molecule has 1 saturated carbocycles. The second kappa shape index (κ2) is 10.6. The number of benzene rings is 2. The third-order valence-electron chi connectivity index (χ3n) is 5.72. The monoisotopic (exact) mass is 430 g/mol. The summed E-state index contributed by atoms with van der Waals surface area (Å²) in [5, 5.41) is 3.62. The van der Waals surface area contributed by atoms with E-state index in [1.807, 2.05) is 18.2 Å². The predicted octanol–water partition coefficient (Wildman–Crippen LogP) is 4.89. The Labute approximate surface area is 182 Å². The van der Waals surface area contributed by atoms with Crippen molar-refractivity contribution in [3.63, 3.8) is 0 Å². The Morgan fingerprint density at radius 2 is 1.70 bits per heavy atom. The van der Waals surface area contributed by atoms with Gasteiger partial charge in [-0.2, -0.15) is 0 Å². The predicted molar refractivity (Wildman–Crippen MR) is 117 cm³/mol. The molecule has 0 bridgehead atoms. The van der Waals surface area contributed by atoms with Gasteiger partial charge in [0.2, 0.25) is 11.8 Å². The normalized spacial score (nSPS) is 15.4. The van der Waals surface area contributed by atoms with Crippen LogP contribution >= 0.6 is 11.6 Å². The molecule has 0 unspecified atom stereocenters. The quantitative estimate of drug-likeness (QED) is 0.680. The standard InChI is InChI=1S/C24H28ClFN2O2/c1-17(24(30)27-20-11-3-2-4-12-20)28(16-19-10-5-7-13-21(19)25)23(29)15-18-9-6-8-14-22(18)26/h5-10,13-14,17,20H,2-4,11-12,15-16H2,1H3,(H,27,30)/t17-/m0/s1. The van der Waals surface area contributed by atoms with Gasteiger partial charge >= 0.3 is 0 Å². The number of carbonyl (C=O) groups is 2. The fourth-order valence-corrected chi connectivity index (χ4v) is 4.06. The van der Waals surface area contributed by atoms with Crippen LogP contribution in [0.25, 0.3) is 0 Å². The number of rotatable bonds is 7. The maximum Gasteiger partial charge on any atom is 0.242 e. The average Bonchev–Trinajstić information content (AvgIpc) is 2.75. The largest absolute Gasteiger partial charge is 0.352 e. The summed E-state index contributed by atoms with van der Waals surface area (Å²) < 4.78 is 14.1. The van der Waals surface area contributed by atoms with Crippen molar-refractivity contribution < 1.29 is 14.0 Å². The van der Waals surface area contributed by atoms with E-state index < -0.39 is 11.9 Å². The van der Waals surface area contributed by atoms with Gasteiger partial charge in [-0.1, -0.05) is 67.3 Å². The zero-order valence-electron chi connectivity index (χ0n) is 17.2. The highest BCUT2D eigenvalue weighted by Gasteiger charge is 2.29. The fourth-order valence-electron chi connectivity index (χ4n) is 3.87. The van der Waals surface area contributed by atoms with Gasteiger partial charge in [0, 0.05) is 17.6 Å². The van der Waals surface area contributed by atoms with Crippen molar-refractivity contribution in [1.82, 2.24) is 10.2 Å². The molecule has 1 N–H and O–H groups in total. The van der Waals surface area contributed by atoms with Gasteiger partial charge in [-0.3, -0.25) is 9.59 Å². The number of hydrogen-bond acceptors (Lipinski definition) is 2. The molecular formula is C24H28ClFN2O2. The summed E-state index contributed by atoms with van der Waals surface area (Å²) in [6.45, 7) is 1.90. The van der Waals surface area contributed by atoms with Crippen molar-refractivity contribution in [2.45, 2.75) is 64.1 Å². The van der Waals surface area contributed by atoms with Gasteiger partial charge < -0.3 is 10.2 Å². The molecule has 0 heterocycles. The summed E-state index contributed by atoms with van der Waals surface area (Å²) in [6, 6.07) is 12.9. The first-order valence-corrected chi connectivity index (χ1v) is 10.9. The van der Waals surface area contributed by atoms with E-state index in [2.05, 4.69) is 5.32 Å². The molecular weight excluding hydrogens is 403 g/mol. The Balaban J connectivity index is 1.78. The van der Waals surface area contributed by atoms with E-state index >= 15 is 0 Å². The summed E-state index contributed by atoms with van der Waals surface area (Å²) >= 11 is 6.30. The number of nitrogens with one attached hydrogen (secondary N) is 1. The van der Waals surface area contributed by atoms with Crippen molar-refractivity contribution in [2.24, 2.45) is 0 Å². The van der Waals surface area contributed by atoms with Crippen LogP contribution in [0, 0.1) is 5.82 Å². The maximum absolute atomic E-state index is 14.1. The van der Waals surface area contributed by atoms with Crippen LogP contribution in [-0.4, -0.2) is 28.8 Å². The zero-order valence-corrected chi connectivity index (χ0v) is 18.0. The highest BCUT2D eigenvalue weighted by atomic mass is 35.5. The summed E-state index contributed by atoms with van der Waals surface area (Å²) in [6.07, 6.45) is 5.22. The first kappa shape index (κ1) is 22.3. The van der Waals surface area contributed by atoms with E-state index in [9.17, 15) is 14.0 Å². The van der Waals surface area contributed by atoms with Crippen molar-refractivity contribution in [1.29, 1.82) is 0 Å². The van der Waals surface area contributed by atoms with Crippen LogP contribution < -0.4 is 5.32 Å². The first-order chi connectivity index (χ1) is 14.5. The molecule has 0 spiro atoms. The lowest BCUT2D eigenvalue weighted by Gasteiger charge is -2.31. The minimum atomic E-state index is -0.692. The van der Waals surface area contributed by atoms with E-state index in [-0.39, 0.29) is 30.8 Å². The number of halogens is 2. The van der Waals surface area contributed by atoms with Gasteiger partial charge in [-0.15, -0.1) is 0 Å². The molecule has 3 rings (SSSR count). The van der Waals surface area contributed by atoms with E-state index in [0.29, 0.717) is 10.6 Å². The first-order valence-electron chi connectivity index (χ1n) is 10.5. The molecule has 2 aromatic rings. The zero-order chi connectivity index (χ0) is 21.5. The Bertz CT molecular complexity index is 883. The number of nitrogens with zero attached hydrogens (tertiary/aromatic N) is 1. The Kier molecular flexibility index (Phi) is 7.86. The number of amides is 2. The third-order valence-corrected chi connectivity index (χ3v) is 6.09. The van der Waals surface area contributed by atoms with Crippen LogP contribution in [0.15, 0.2) is 48.5 Å². The molecule has 0 aliphatic heterocycles. The van der Waals surface area contributed by atoms with Crippen LogP contribution in [-0.2, 0) is 22.6 Å². The van der Waals surface area contributed by atoms with Crippen molar-refractivity contribution in [3.8, 4) is 0 Å². The lowest BCUT2D eigenvalue weighted by molar-refractivity contribution is -0.140. The molecule has 1 aliphatic carbocycles. The van der Waals surface area contributed by atoms with Gasteiger partial charge in [0.05, 0.1) is 6.42 Å². The van der Waals surface area contributed by atoms with E-state index in [1.54, 1.807) is 31.2 Å². The molecule has 160 valence electrons. The highest BCUT2D eigenvalue weighted by molar-refractivity contribution is 6.31. The molecule has 0 saturated heterocycles. The Hall–Kier alpha value is -2.40.